The molecule has 1 aromatic carbocycles. The number of thiophene rings is 1. The summed E-state index contributed by atoms with van der Waals surface area (Å²) in [4.78, 5) is 7.07. The smallest absolute Gasteiger partial charge is 0.190 e. The van der Waals surface area contributed by atoms with Gasteiger partial charge < -0.3 is 8.98 Å². The van der Waals surface area contributed by atoms with Gasteiger partial charge in [-0.15, -0.1) is 22.7 Å². The van der Waals surface area contributed by atoms with Crippen LogP contribution in [0.15, 0.2) is 75.0 Å². The fourth-order valence-corrected chi connectivity index (χ4v) is 4.30. The van der Waals surface area contributed by atoms with Crippen LogP contribution in [0.5, 0.6) is 0 Å². The Hall–Kier alpha value is -2.37. The number of hydrogen-bond donors (Lipinski definition) is 0. The van der Waals surface area contributed by atoms with Crippen LogP contribution in [0, 0.1) is 6.92 Å². The number of nitrogens with zero attached hydrogens (tertiary/aromatic N) is 2. The Kier molecular flexibility index (Phi) is 4.19. The minimum absolute atomic E-state index is 0.675. The van der Waals surface area contributed by atoms with Crippen molar-refractivity contribution in [3.8, 4) is 10.6 Å². The lowest BCUT2D eigenvalue weighted by Crippen LogP contribution is -2.16. The third kappa shape index (κ3) is 3.13. The highest BCUT2D eigenvalue weighted by atomic mass is 32.1. The van der Waals surface area contributed by atoms with Crippen molar-refractivity contribution < 1.29 is 4.42 Å². The molecule has 0 aliphatic carbocycles. The van der Waals surface area contributed by atoms with Gasteiger partial charge >= 0.3 is 0 Å². The summed E-state index contributed by atoms with van der Waals surface area (Å²) >= 11 is 3.40. The van der Waals surface area contributed by atoms with Crippen LogP contribution in [-0.4, -0.2) is 4.57 Å². The Morgan fingerprint density at radius 2 is 2.04 bits per heavy atom. The summed E-state index contributed by atoms with van der Waals surface area (Å²) in [5, 5.41) is 4.27. The average molecular weight is 352 g/mol. The molecule has 0 unspecified atom stereocenters. The third-order valence-electron chi connectivity index (χ3n) is 3.69. The number of thiazole rings is 1. The Balaban J connectivity index is 1.84. The number of aromatic nitrogens is 1. The summed E-state index contributed by atoms with van der Waals surface area (Å²) in [6, 6.07) is 16.4. The van der Waals surface area contributed by atoms with E-state index < -0.39 is 0 Å². The van der Waals surface area contributed by atoms with Gasteiger partial charge in [-0.05, 0) is 48.2 Å². The van der Waals surface area contributed by atoms with Crippen LogP contribution in [0.25, 0.3) is 10.6 Å². The van der Waals surface area contributed by atoms with Gasteiger partial charge in [0.25, 0.3) is 0 Å². The van der Waals surface area contributed by atoms with E-state index in [0.29, 0.717) is 6.54 Å². The van der Waals surface area contributed by atoms with Gasteiger partial charge in [-0.2, -0.15) is 0 Å². The average Bonchev–Trinajstić information content (AvgIpc) is 3.31. The van der Waals surface area contributed by atoms with Crippen LogP contribution in [0.1, 0.15) is 11.3 Å². The van der Waals surface area contributed by atoms with Gasteiger partial charge in [0.05, 0.1) is 29.1 Å². The van der Waals surface area contributed by atoms with Crippen molar-refractivity contribution in [1.29, 1.82) is 0 Å². The lowest BCUT2D eigenvalue weighted by atomic mass is 10.2. The number of aryl methyl sites for hydroxylation is 1. The molecule has 0 radical (unpaired) electrons. The predicted octanol–water partition coefficient (Wildman–Crippen LogP) is 5.46. The number of hydrogen-bond acceptors (Lipinski definition) is 4. The molecule has 0 fully saturated rings. The van der Waals surface area contributed by atoms with Crippen molar-refractivity contribution in [3.05, 3.63) is 81.7 Å². The summed E-state index contributed by atoms with van der Waals surface area (Å²) in [6.45, 7) is 2.76. The monoisotopic (exact) mass is 352 g/mol. The summed E-state index contributed by atoms with van der Waals surface area (Å²) in [5.74, 6) is 0.928. The van der Waals surface area contributed by atoms with Crippen molar-refractivity contribution in [3.63, 3.8) is 0 Å². The first-order valence-electron chi connectivity index (χ1n) is 7.65. The third-order valence-corrected chi connectivity index (χ3v) is 5.45. The molecule has 3 nitrogen and oxygen atoms in total. The molecule has 0 amide bonds. The first-order valence-corrected chi connectivity index (χ1v) is 9.41. The Morgan fingerprint density at radius 1 is 1.08 bits per heavy atom. The minimum Gasteiger partial charge on any atom is -0.467 e. The zero-order chi connectivity index (χ0) is 16.4. The van der Waals surface area contributed by atoms with Crippen LogP contribution in [0.4, 0.5) is 5.69 Å². The molecule has 24 heavy (non-hydrogen) atoms. The van der Waals surface area contributed by atoms with Gasteiger partial charge in [0.15, 0.2) is 4.80 Å². The maximum Gasteiger partial charge on any atom is 0.190 e. The Labute approximate surface area is 148 Å². The second kappa shape index (κ2) is 6.63. The van der Waals surface area contributed by atoms with E-state index in [-0.39, 0.29) is 0 Å². The molecule has 0 spiro atoms. The van der Waals surface area contributed by atoms with Crippen molar-refractivity contribution in [2.45, 2.75) is 13.5 Å². The molecule has 4 aromatic rings. The van der Waals surface area contributed by atoms with E-state index in [9.17, 15) is 0 Å². The molecule has 0 atom stereocenters. The molecular formula is C19H16N2OS2. The molecule has 3 aromatic heterocycles. The van der Waals surface area contributed by atoms with Gasteiger partial charge in [-0.3, -0.25) is 0 Å². The second-order valence-corrected chi connectivity index (χ2v) is 7.28. The molecule has 0 saturated heterocycles. The molecule has 0 saturated carbocycles. The van der Waals surface area contributed by atoms with E-state index in [1.807, 2.05) is 24.3 Å². The first-order chi connectivity index (χ1) is 11.8. The molecule has 120 valence electrons. The van der Waals surface area contributed by atoms with Crippen LogP contribution < -0.4 is 4.80 Å². The standard InChI is InChI=1S/C19H16N2OS2/c1-14-5-2-6-15(11-14)20-19-21(12-16-7-3-9-22-16)17(13-24-19)18-8-4-10-23-18/h2-11,13H,12H2,1H3. The van der Waals surface area contributed by atoms with Crippen molar-refractivity contribution >= 4 is 28.4 Å². The zero-order valence-electron chi connectivity index (χ0n) is 13.2. The second-order valence-electron chi connectivity index (χ2n) is 5.50. The van der Waals surface area contributed by atoms with Crippen LogP contribution in [-0.2, 0) is 6.54 Å². The SMILES string of the molecule is Cc1cccc(N=c2scc(-c3cccs3)n2Cc2ccco2)c1. The van der Waals surface area contributed by atoms with Gasteiger partial charge in [0.1, 0.15) is 5.76 Å². The highest BCUT2D eigenvalue weighted by Crippen LogP contribution is 2.26. The van der Waals surface area contributed by atoms with Crippen molar-refractivity contribution in [1.82, 2.24) is 4.57 Å². The summed E-state index contributed by atoms with van der Waals surface area (Å²) in [6.07, 6.45) is 1.71. The molecule has 3 heterocycles. The van der Waals surface area contributed by atoms with E-state index >= 15 is 0 Å². The van der Waals surface area contributed by atoms with E-state index in [2.05, 4.69) is 46.5 Å². The quantitative estimate of drug-likeness (QED) is 0.480. The molecule has 0 aliphatic rings. The Morgan fingerprint density at radius 3 is 2.79 bits per heavy atom. The fraction of sp³-hybridized carbons (Fsp3) is 0.105. The minimum atomic E-state index is 0.675. The molecule has 5 heteroatoms. The summed E-state index contributed by atoms with van der Waals surface area (Å²) < 4.78 is 7.77. The zero-order valence-corrected chi connectivity index (χ0v) is 14.8. The maximum absolute atomic E-state index is 5.55. The molecular weight excluding hydrogens is 336 g/mol. The normalized spacial score (nSPS) is 12.0. The van der Waals surface area contributed by atoms with Crippen LogP contribution in [0.3, 0.4) is 0 Å². The molecule has 4 rings (SSSR count). The molecule has 0 bridgehead atoms. The van der Waals surface area contributed by atoms with Crippen molar-refractivity contribution in [2.24, 2.45) is 4.99 Å². The number of benzene rings is 1. The van der Waals surface area contributed by atoms with Gasteiger partial charge in [-0.25, -0.2) is 4.99 Å². The largest absolute Gasteiger partial charge is 0.467 e. The van der Waals surface area contributed by atoms with Crippen LogP contribution >= 0.6 is 22.7 Å². The number of furan rings is 1. The summed E-state index contributed by atoms with van der Waals surface area (Å²) in [5.41, 5.74) is 3.37. The van der Waals surface area contributed by atoms with E-state index in [1.54, 1.807) is 28.9 Å². The summed E-state index contributed by atoms with van der Waals surface area (Å²) in [7, 11) is 0. The highest BCUT2D eigenvalue weighted by molar-refractivity contribution is 7.14. The van der Waals surface area contributed by atoms with E-state index in [1.165, 1.54) is 16.1 Å². The topological polar surface area (TPSA) is 30.4 Å². The first kappa shape index (κ1) is 15.2. The van der Waals surface area contributed by atoms with Gasteiger partial charge in [0, 0.05) is 5.38 Å². The lowest BCUT2D eigenvalue weighted by Gasteiger charge is -2.06. The Bertz CT molecular complexity index is 992. The van der Waals surface area contributed by atoms with Crippen molar-refractivity contribution in [2.75, 3.05) is 0 Å². The fourth-order valence-electron chi connectivity index (χ4n) is 2.56. The van der Waals surface area contributed by atoms with Gasteiger partial charge in [-0.1, -0.05) is 18.2 Å². The predicted molar refractivity (Wildman–Crippen MR) is 99.8 cm³/mol. The lowest BCUT2D eigenvalue weighted by molar-refractivity contribution is 0.492. The highest BCUT2D eigenvalue weighted by Gasteiger charge is 2.11. The van der Waals surface area contributed by atoms with E-state index in [4.69, 9.17) is 9.41 Å². The molecule has 0 N–H and O–H groups in total. The van der Waals surface area contributed by atoms with Crippen LogP contribution in [0.2, 0.25) is 0 Å². The van der Waals surface area contributed by atoms with E-state index in [0.717, 1.165) is 16.2 Å². The molecule has 0 aliphatic heterocycles. The van der Waals surface area contributed by atoms with Gasteiger partial charge in [0.2, 0.25) is 0 Å². The maximum atomic E-state index is 5.55. The number of rotatable bonds is 4.